The molecule has 2 aromatic heterocycles. The first-order chi connectivity index (χ1) is 10.6. The zero-order valence-corrected chi connectivity index (χ0v) is 11.7. The molecule has 7 nitrogen and oxygen atoms in total. The minimum Gasteiger partial charge on any atom is -0.475 e. The van der Waals surface area contributed by atoms with Crippen LogP contribution in [0.3, 0.4) is 0 Å². The Kier molecular flexibility index (Phi) is 2.90. The normalized spacial score (nSPS) is 26.5. The maximum atomic E-state index is 12.3. The fraction of sp³-hybridized carbons (Fsp3) is 0.400. The molecule has 0 saturated carbocycles. The van der Waals surface area contributed by atoms with Crippen molar-refractivity contribution < 1.29 is 19.1 Å². The van der Waals surface area contributed by atoms with Gasteiger partial charge in [-0.05, 0) is 19.3 Å². The van der Waals surface area contributed by atoms with E-state index in [0.29, 0.717) is 23.1 Å². The zero-order valence-electron chi connectivity index (χ0n) is 11.7. The van der Waals surface area contributed by atoms with Crippen LogP contribution in [0, 0.1) is 0 Å². The van der Waals surface area contributed by atoms with E-state index in [0.717, 1.165) is 12.8 Å². The summed E-state index contributed by atoms with van der Waals surface area (Å²) in [5.74, 6) is -1.56. The lowest BCUT2D eigenvalue weighted by Gasteiger charge is -2.21. The molecule has 1 amide bonds. The van der Waals surface area contributed by atoms with Gasteiger partial charge < -0.3 is 20.2 Å². The van der Waals surface area contributed by atoms with E-state index in [9.17, 15) is 9.59 Å². The molecule has 2 aliphatic heterocycles. The molecule has 3 N–H and O–H groups in total. The highest BCUT2D eigenvalue weighted by atomic mass is 16.4. The van der Waals surface area contributed by atoms with Crippen molar-refractivity contribution >= 4 is 22.8 Å². The highest BCUT2D eigenvalue weighted by molar-refractivity contribution is 5.97. The van der Waals surface area contributed by atoms with Crippen LogP contribution >= 0.6 is 0 Å². The summed E-state index contributed by atoms with van der Waals surface area (Å²) in [6.07, 6.45) is 4.66. The number of furan rings is 1. The third kappa shape index (κ3) is 2.14. The second-order valence-corrected chi connectivity index (χ2v) is 5.89. The fourth-order valence-electron chi connectivity index (χ4n) is 3.39. The number of hydrogen-bond donors (Lipinski definition) is 3. The third-order valence-corrected chi connectivity index (χ3v) is 4.46. The number of rotatable bonds is 3. The average molecular weight is 301 g/mol. The molecular weight excluding hydrogens is 286 g/mol. The second kappa shape index (κ2) is 4.81. The highest BCUT2D eigenvalue weighted by Gasteiger charge is 2.39. The number of amides is 1. The molecule has 4 rings (SSSR count). The lowest BCUT2D eigenvalue weighted by molar-refractivity contribution is 0.0665. The predicted octanol–water partition coefficient (Wildman–Crippen LogP) is 1.15. The smallest absolute Gasteiger partial charge is 0.371 e. The number of pyridine rings is 1. The summed E-state index contributed by atoms with van der Waals surface area (Å²) in [6.45, 7) is 0. The van der Waals surface area contributed by atoms with Crippen LogP contribution in [0.2, 0.25) is 0 Å². The van der Waals surface area contributed by atoms with Gasteiger partial charge in [0.2, 0.25) is 5.76 Å². The van der Waals surface area contributed by atoms with E-state index in [1.807, 2.05) is 0 Å². The van der Waals surface area contributed by atoms with Crippen molar-refractivity contribution in [3.05, 3.63) is 29.8 Å². The lowest BCUT2D eigenvalue weighted by atomic mass is 9.95. The average Bonchev–Trinajstić information content (AvgIpc) is 3.20. The maximum absolute atomic E-state index is 12.3. The summed E-state index contributed by atoms with van der Waals surface area (Å²) in [6, 6.07) is 3.87. The van der Waals surface area contributed by atoms with E-state index < -0.39 is 5.97 Å². The van der Waals surface area contributed by atoms with Crippen LogP contribution in [0.15, 0.2) is 22.7 Å². The van der Waals surface area contributed by atoms with Crippen LogP contribution in [0.1, 0.15) is 40.3 Å². The van der Waals surface area contributed by atoms with Gasteiger partial charge in [-0.1, -0.05) is 0 Å². The minimum atomic E-state index is -1.14. The van der Waals surface area contributed by atoms with Crippen LogP contribution in [0.5, 0.6) is 0 Å². The summed E-state index contributed by atoms with van der Waals surface area (Å²) in [5, 5.41) is 15.9. The monoisotopic (exact) mass is 301 g/mol. The zero-order chi connectivity index (χ0) is 15.3. The number of nitrogens with zero attached hydrogens (tertiary/aromatic N) is 1. The van der Waals surface area contributed by atoms with E-state index in [1.165, 1.54) is 24.8 Å². The van der Waals surface area contributed by atoms with Crippen LogP contribution in [0.25, 0.3) is 11.0 Å². The first kappa shape index (κ1) is 13.3. The van der Waals surface area contributed by atoms with E-state index >= 15 is 0 Å². The standard InChI is InChI=1S/C15H15N3O4/c19-14(18-10-4-8-1-2-9(10)17-8)11-5-12-7(6-16-11)3-13(22-12)15(20)21/h3,5-6,8-10,17H,1-2,4H2,(H,18,19)(H,20,21)/t8-,9+,10-/m1/s1. The van der Waals surface area contributed by atoms with Gasteiger partial charge in [-0.3, -0.25) is 9.78 Å². The quantitative estimate of drug-likeness (QED) is 0.785. The van der Waals surface area contributed by atoms with E-state index in [4.69, 9.17) is 9.52 Å². The molecule has 3 atom stereocenters. The van der Waals surface area contributed by atoms with Gasteiger partial charge in [0.15, 0.2) is 0 Å². The Balaban J connectivity index is 1.55. The van der Waals surface area contributed by atoms with Crippen molar-refractivity contribution in [1.82, 2.24) is 15.6 Å². The van der Waals surface area contributed by atoms with Crippen LogP contribution in [-0.4, -0.2) is 40.1 Å². The number of aromatic nitrogens is 1. The van der Waals surface area contributed by atoms with Gasteiger partial charge in [-0.15, -0.1) is 0 Å². The van der Waals surface area contributed by atoms with Crippen molar-refractivity contribution in [3.63, 3.8) is 0 Å². The minimum absolute atomic E-state index is 0.134. The van der Waals surface area contributed by atoms with Crippen LogP contribution in [-0.2, 0) is 0 Å². The predicted molar refractivity (Wildman–Crippen MR) is 76.8 cm³/mol. The summed E-state index contributed by atoms with van der Waals surface area (Å²) in [4.78, 5) is 27.3. The number of carboxylic acid groups (broad SMARTS) is 1. The SMILES string of the molecule is O=C(N[C@@H]1C[C@H]2CC[C@@H]1N2)c1cc2oc(C(=O)O)cc2cn1. The number of carbonyl (C=O) groups excluding carboxylic acids is 1. The Morgan fingerprint density at radius 1 is 1.36 bits per heavy atom. The van der Waals surface area contributed by atoms with Gasteiger partial charge in [0.05, 0.1) is 0 Å². The van der Waals surface area contributed by atoms with Crippen molar-refractivity contribution in [2.24, 2.45) is 0 Å². The number of carboxylic acids is 1. The Morgan fingerprint density at radius 2 is 2.23 bits per heavy atom. The number of aromatic carboxylic acids is 1. The van der Waals surface area contributed by atoms with Gasteiger partial charge in [-0.25, -0.2) is 4.79 Å². The maximum Gasteiger partial charge on any atom is 0.371 e. The summed E-state index contributed by atoms with van der Waals surface area (Å²) < 4.78 is 5.21. The molecule has 0 aliphatic carbocycles. The van der Waals surface area contributed by atoms with Gasteiger partial charge in [0.1, 0.15) is 11.3 Å². The number of carbonyl (C=O) groups is 2. The summed E-state index contributed by atoms with van der Waals surface area (Å²) >= 11 is 0. The third-order valence-electron chi connectivity index (χ3n) is 4.46. The van der Waals surface area contributed by atoms with Crippen LogP contribution in [0.4, 0.5) is 0 Å². The second-order valence-electron chi connectivity index (χ2n) is 5.89. The Morgan fingerprint density at radius 3 is 2.91 bits per heavy atom. The molecule has 114 valence electrons. The molecule has 7 heteroatoms. The summed E-state index contributed by atoms with van der Waals surface area (Å²) in [5.41, 5.74) is 0.588. The molecule has 2 fully saturated rings. The van der Waals surface area contributed by atoms with E-state index in [1.54, 1.807) is 0 Å². The fourth-order valence-corrected chi connectivity index (χ4v) is 3.39. The number of nitrogens with one attached hydrogen (secondary N) is 2. The van der Waals surface area contributed by atoms with Gasteiger partial charge >= 0.3 is 5.97 Å². The number of fused-ring (bicyclic) bond motifs is 3. The Bertz CT molecular complexity index is 769. The molecule has 2 saturated heterocycles. The van der Waals surface area contributed by atoms with Crippen molar-refractivity contribution in [2.45, 2.75) is 37.4 Å². The first-order valence-electron chi connectivity index (χ1n) is 7.30. The van der Waals surface area contributed by atoms with Crippen molar-refractivity contribution in [2.75, 3.05) is 0 Å². The molecular formula is C15H15N3O4. The molecule has 2 aliphatic rings. The molecule has 2 bridgehead atoms. The van der Waals surface area contributed by atoms with Crippen molar-refractivity contribution in [3.8, 4) is 0 Å². The Labute approximate surface area is 125 Å². The van der Waals surface area contributed by atoms with Gasteiger partial charge in [-0.2, -0.15) is 0 Å². The molecule has 22 heavy (non-hydrogen) atoms. The molecule has 2 aromatic rings. The van der Waals surface area contributed by atoms with E-state index in [-0.39, 0.29) is 23.4 Å². The molecule has 4 heterocycles. The summed E-state index contributed by atoms with van der Waals surface area (Å²) in [7, 11) is 0. The van der Waals surface area contributed by atoms with Gasteiger partial charge in [0.25, 0.3) is 5.91 Å². The van der Waals surface area contributed by atoms with Crippen molar-refractivity contribution in [1.29, 1.82) is 0 Å². The Hall–Kier alpha value is -2.41. The molecule has 0 spiro atoms. The lowest BCUT2D eigenvalue weighted by Crippen LogP contribution is -2.43. The van der Waals surface area contributed by atoms with Crippen LogP contribution < -0.4 is 10.6 Å². The van der Waals surface area contributed by atoms with Gasteiger partial charge in [0, 0.05) is 41.8 Å². The molecule has 0 radical (unpaired) electrons. The topological polar surface area (TPSA) is 104 Å². The first-order valence-corrected chi connectivity index (χ1v) is 7.30. The highest BCUT2D eigenvalue weighted by Crippen LogP contribution is 2.28. The van der Waals surface area contributed by atoms with E-state index in [2.05, 4.69) is 15.6 Å². The largest absolute Gasteiger partial charge is 0.475 e. The molecule has 0 unspecified atom stereocenters. The number of hydrogen-bond acceptors (Lipinski definition) is 5. The molecule has 0 aromatic carbocycles.